The first-order chi connectivity index (χ1) is 14.6. The summed E-state index contributed by atoms with van der Waals surface area (Å²) < 4.78 is 9.54. The second kappa shape index (κ2) is 7.96. The van der Waals surface area contributed by atoms with Crippen molar-refractivity contribution in [2.75, 3.05) is 13.2 Å². The average Bonchev–Trinajstić information content (AvgIpc) is 2.99. The second-order valence-corrected chi connectivity index (χ2v) is 12.4. The van der Waals surface area contributed by atoms with Crippen molar-refractivity contribution in [3.8, 4) is 0 Å². The van der Waals surface area contributed by atoms with E-state index < -0.39 is 5.54 Å². The van der Waals surface area contributed by atoms with E-state index in [1.54, 1.807) is 6.08 Å². The van der Waals surface area contributed by atoms with E-state index in [0.29, 0.717) is 13.2 Å². The molecular weight excluding hydrogens is 508 g/mol. The number of amides is 1. The quantitative estimate of drug-likeness (QED) is 0.561. The minimum absolute atomic E-state index is 0.0690. The minimum atomic E-state index is -0.629. The number of benzene rings is 2. The van der Waals surface area contributed by atoms with Crippen molar-refractivity contribution in [1.29, 1.82) is 0 Å². The number of ether oxygens (including phenoxy) is 1. The molecule has 4 nitrogen and oxygen atoms in total. The van der Waals surface area contributed by atoms with Crippen molar-refractivity contribution in [3.63, 3.8) is 0 Å². The Morgan fingerprint density at radius 1 is 1.00 bits per heavy atom. The Morgan fingerprint density at radius 3 is 2.37 bits per heavy atom. The molecule has 152 valence electrons. The Labute approximate surface area is 188 Å². The van der Waals surface area contributed by atoms with Gasteiger partial charge in [-0.15, -0.1) is 0 Å². The number of carbonyl (C=O) groups is 2. The first-order valence-corrected chi connectivity index (χ1v) is 13.5. The Balaban J connectivity index is 1.56. The van der Waals surface area contributed by atoms with Gasteiger partial charge in [0.2, 0.25) is 0 Å². The van der Waals surface area contributed by atoms with Crippen molar-refractivity contribution in [3.05, 3.63) is 82.9 Å². The molecule has 1 saturated heterocycles. The van der Waals surface area contributed by atoms with Gasteiger partial charge in [-0.1, -0.05) is 0 Å². The summed E-state index contributed by atoms with van der Waals surface area (Å²) in [6.45, 7) is 3.09. The summed E-state index contributed by atoms with van der Waals surface area (Å²) in [5.74, 6) is 0.216. The number of ketones is 1. The van der Waals surface area contributed by atoms with Crippen molar-refractivity contribution < 1.29 is 14.3 Å². The van der Waals surface area contributed by atoms with Gasteiger partial charge in [-0.05, 0) is 0 Å². The van der Waals surface area contributed by atoms with Crippen molar-refractivity contribution in [2.45, 2.75) is 23.4 Å². The van der Waals surface area contributed by atoms with Crippen LogP contribution in [0.2, 0.25) is 4.82 Å². The molecule has 1 aliphatic carbocycles. The summed E-state index contributed by atoms with van der Waals surface area (Å²) in [6.07, 6.45) is 3.32. The van der Waals surface area contributed by atoms with Gasteiger partial charge in [0.05, 0.1) is 0 Å². The fraction of sp³-hybridized carbons (Fsp3) is 0.250. The van der Waals surface area contributed by atoms with Crippen LogP contribution < -0.4 is 8.92 Å². The summed E-state index contributed by atoms with van der Waals surface area (Å²) in [5.41, 5.74) is 0.426. The van der Waals surface area contributed by atoms with E-state index in [-0.39, 0.29) is 52.5 Å². The van der Waals surface area contributed by atoms with E-state index in [2.05, 4.69) is 31.2 Å². The van der Waals surface area contributed by atoms with Crippen LogP contribution in [0.25, 0.3) is 0 Å². The van der Waals surface area contributed by atoms with Crippen LogP contribution in [0, 0.1) is 0 Å². The number of morpholine rings is 1. The van der Waals surface area contributed by atoms with E-state index >= 15 is 0 Å². The molecule has 3 unspecified atom stereocenters. The zero-order valence-corrected chi connectivity index (χ0v) is 19.9. The third kappa shape index (κ3) is 3.15. The molecule has 2 heterocycles. The molecule has 3 atom stereocenters. The Morgan fingerprint density at radius 2 is 1.67 bits per heavy atom. The van der Waals surface area contributed by atoms with Gasteiger partial charge in [-0.2, -0.15) is 0 Å². The van der Waals surface area contributed by atoms with E-state index in [0.717, 1.165) is 10.0 Å². The molecule has 5 rings (SSSR count). The van der Waals surface area contributed by atoms with Crippen LogP contribution in [-0.4, -0.2) is 71.3 Å². The molecule has 0 aromatic heterocycles. The van der Waals surface area contributed by atoms with Gasteiger partial charge in [-0.25, -0.2) is 0 Å². The van der Waals surface area contributed by atoms with Crippen LogP contribution in [0.3, 0.4) is 0 Å². The number of rotatable bonds is 4. The first kappa shape index (κ1) is 20.0. The molecule has 2 aromatic carbocycles. The van der Waals surface area contributed by atoms with Gasteiger partial charge in [0.1, 0.15) is 0 Å². The molecule has 2 aliphatic heterocycles. The normalized spacial score (nSPS) is 28.0. The third-order valence-corrected chi connectivity index (χ3v) is 11.1. The van der Waals surface area contributed by atoms with Crippen LogP contribution in [0.1, 0.15) is 6.92 Å². The monoisotopic (exact) mass is 531 g/mol. The number of carbonyl (C=O) groups excluding carboxylic acids is 2. The van der Waals surface area contributed by atoms with Crippen molar-refractivity contribution in [1.82, 2.24) is 4.90 Å². The molecule has 30 heavy (non-hydrogen) atoms. The van der Waals surface area contributed by atoms with Gasteiger partial charge in [-0.3, -0.25) is 0 Å². The molecule has 1 fully saturated rings. The van der Waals surface area contributed by atoms with Crippen molar-refractivity contribution in [2.24, 2.45) is 0 Å². The molecule has 2 aromatic rings. The summed E-state index contributed by atoms with van der Waals surface area (Å²) in [6, 6.07) is 20.3. The second-order valence-electron chi connectivity index (χ2n) is 7.53. The van der Waals surface area contributed by atoms with E-state index in [4.69, 9.17) is 4.74 Å². The summed E-state index contributed by atoms with van der Waals surface area (Å²) in [5, 5.41) is 0. The predicted molar refractivity (Wildman–Crippen MR) is 118 cm³/mol. The fourth-order valence-electron chi connectivity index (χ4n) is 4.46. The Bertz CT molecular complexity index is 1050. The number of hydrogen-bond donors (Lipinski definition) is 0. The molecule has 0 saturated carbocycles. The number of nitrogens with zero attached hydrogens (tertiary/aromatic N) is 1. The fourth-order valence-corrected chi connectivity index (χ4v) is 9.19. The Kier molecular flexibility index (Phi) is 5.30. The van der Waals surface area contributed by atoms with Crippen LogP contribution in [0.5, 0.6) is 0 Å². The Hall–Kier alpha value is -1.94. The third-order valence-electron chi connectivity index (χ3n) is 5.90. The van der Waals surface area contributed by atoms with Gasteiger partial charge in [0, 0.05) is 0 Å². The number of allylic oxidation sites excluding steroid dienone is 1. The molecule has 0 bridgehead atoms. The summed E-state index contributed by atoms with van der Waals surface area (Å²) >= 11 is -0.144. The predicted octanol–water partition coefficient (Wildman–Crippen LogP) is 1.23. The van der Waals surface area contributed by atoms with Crippen LogP contribution in [0.15, 0.2) is 82.9 Å². The average molecular weight is 529 g/mol. The molecular formula is C24H21NO3Se2. The van der Waals surface area contributed by atoms with E-state index in [9.17, 15) is 9.59 Å². The van der Waals surface area contributed by atoms with Crippen molar-refractivity contribution >= 4 is 50.5 Å². The van der Waals surface area contributed by atoms with Crippen LogP contribution in [0.4, 0.5) is 0 Å². The van der Waals surface area contributed by atoms with E-state index in [1.807, 2.05) is 47.4 Å². The number of hydrogen-bond acceptors (Lipinski definition) is 3. The van der Waals surface area contributed by atoms with Crippen LogP contribution >= 0.6 is 0 Å². The van der Waals surface area contributed by atoms with E-state index in [1.165, 1.54) is 8.92 Å². The standard InChI is InChI=1S/C24H21NO3Se2/c1-16-20(29-17-8-4-2-5-9-17)23(27)25-14-15-28-22-21(19(26)12-13-24(16,22)25)30-18-10-6-3-7-11-18/h2-13,21-22H,14-15H2,1H3. The van der Waals surface area contributed by atoms with Crippen LogP contribution in [-0.2, 0) is 14.3 Å². The SMILES string of the molecule is CC1=C([Se]c2ccccc2)C(=O)N2CCOC3C([Se]c4ccccc4)C(=O)C=CC132. The molecule has 0 N–H and O–H groups in total. The topological polar surface area (TPSA) is 46.6 Å². The summed E-state index contributed by atoms with van der Waals surface area (Å²) in [7, 11) is 0. The zero-order chi connectivity index (χ0) is 20.7. The van der Waals surface area contributed by atoms with Gasteiger partial charge < -0.3 is 0 Å². The summed E-state index contributed by atoms with van der Waals surface area (Å²) in [4.78, 5) is 28.1. The molecule has 1 amide bonds. The maximum absolute atomic E-state index is 13.5. The maximum atomic E-state index is 13.5. The molecule has 6 heteroatoms. The zero-order valence-electron chi connectivity index (χ0n) is 16.5. The van der Waals surface area contributed by atoms with Gasteiger partial charge in [0.15, 0.2) is 0 Å². The molecule has 3 aliphatic rings. The molecule has 1 spiro atoms. The van der Waals surface area contributed by atoms with Gasteiger partial charge in [0.25, 0.3) is 0 Å². The van der Waals surface area contributed by atoms with Gasteiger partial charge >= 0.3 is 189 Å². The molecule has 0 radical (unpaired) electrons. The first-order valence-electron chi connectivity index (χ1n) is 9.94.